The molecule has 12 heteroatoms. The second-order valence-electron chi connectivity index (χ2n) is 10.4. The van der Waals surface area contributed by atoms with E-state index in [4.69, 9.17) is 9.84 Å². The van der Waals surface area contributed by atoms with E-state index in [1.807, 2.05) is 18.3 Å². The minimum atomic E-state index is -0.390. The summed E-state index contributed by atoms with van der Waals surface area (Å²) >= 11 is 0. The molecule has 0 atom stereocenters. The Bertz CT molecular complexity index is 1850. The maximum Gasteiger partial charge on any atom is 0.277 e. The molecule has 0 radical (unpaired) electrons. The highest BCUT2D eigenvalue weighted by Gasteiger charge is 2.29. The van der Waals surface area contributed by atoms with Crippen LogP contribution in [0.25, 0.3) is 22.0 Å². The van der Waals surface area contributed by atoms with Gasteiger partial charge in [0.25, 0.3) is 11.5 Å². The number of carbonyl (C=O) groups excluding carboxylic acids is 1. The molecule has 7 rings (SSSR count). The standard InChI is InChI=1S/C29H29N9O3/c1-36-16-24-19(15-31-38(24)17-8-12-41-13-9-17)18-4-3-5-21(27(18)36)32-23-14-25(33-20-6-10-30-29(40)26(20)23)34-28(39)22-7-11-37(2)35-22/h3-7,10-11,14-15,17H,8-9,12-13,16H2,1-2H3,(H,30,40)(H2,32,33,34,39). The summed E-state index contributed by atoms with van der Waals surface area (Å²) in [6.45, 7) is 2.20. The van der Waals surface area contributed by atoms with Gasteiger partial charge in [0.15, 0.2) is 5.69 Å². The summed E-state index contributed by atoms with van der Waals surface area (Å²) < 4.78 is 9.30. The molecule has 0 bridgehead atoms. The summed E-state index contributed by atoms with van der Waals surface area (Å²) in [5, 5.41) is 15.7. The minimum absolute atomic E-state index is 0.269. The first kappa shape index (κ1) is 25.0. The van der Waals surface area contributed by atoms with Crippen molar-refractivity contribution in [3.63, 3.8) is 0 Å². The first-order valence-corrected chi connectivity index (χ1v) is 13.6. The van der Waals surface area contributed by atoms with Crippen molar-refractivity contribution in [1.29, 1.82) is 0 Å². The fraction of sp³-hybridized carbons (Fsp3) is 0.276. The van der Waals surface area contributed by atoms with Crippen molar-refractivity contribution < 1.29 is 9.53 Å². The second kappa shape index (κ2) is 9.89. The van der Waals surface area contributed by atoms with Gasteiger partial charge in [0.2, 0.25) is 0 Å². The van der Waals surface area contributed by atoms with Gasteiger partial charge in [-0.1, -0.05) is 12.1 Å². The Labute approximate surface area is 235 Å². The Morgan fingerprint density at radius 1 is 1.10 bits per heavy atom. The van der Waals surface area contributed by atoms with Crippen LogP contribution in [-0.4, -0.2) is 55.7 Å². The molecule has 3 N–H and O–H groups in total. The highest BCUT2D eigenvalue weighted by molar-refractivity contribution is 6.04. The monoisotopic (exact) mass is 551 g/mol. The van der Waals surface area contributed by atoms with Gasteiger partial charge in [0, 0.05) is 56.9 Å². The molecule has 0 unspecified atom stereocenters. The number of nitrogens with one attached hydrogen (secondary N) is 3. The quantitative estimate of drug-likeness (QED) is 0.300. The summed E-state index contributed by atoms with van der Waals surface area (Å²) in [5.41, 5.74) is 6.15. The number of H-pyrrole nitrogens is 1. The average Bonchev–Trinajstić information content (AvgIpc) is 3.60. The molecule has 1 fully saturated rings. The molecular formula is C29H29N9O3. The molecule has 0 spiro atoms. The fourth-order valence-corrected chi connectivity index (χ4v) is 5.81. The van der Waals surface area contributed by atoms with Gasteiger partial charge in [-0.2, -0.15) is 10.2 Å². The van der Waals surface area contributed by atoms with Crippen LogP contribution >= 0.6 is 0 Å². The number of aromatic amines is 1. The Morgan fingerprint density at radius 2 is 1.95 bits per heavy atom. The normalized spacial score (nSPS) is 15.0. The number of hydrogen-bond acceptors (Lipinski definition) is 8. The number of benzene rings is 1. The molecule has 5 aromatic rings. The Hall–Kier alpha value is -4.97. The van der Waals surface area contributed by atoms with Crippen LogP contribution in [-0.2, 0) is 18.3 Å². The third-order valence-electron chi connectivity index (χ3n) is 7.72. The third kappa shape index (κ3) is 4.42. The van der Waals surface area contributed by atoms with Crippen LogP contribution < -0.4 is 21.1 Å². The van der Waals surface area contributed by atoms with Crippen LogP contribution in [0, 0.1) is 0 Å². The lowest BCUT2D eigenvalue weighted by Crippen LogP contribution is -2.28. The van der Waals surface area contributed by atoms with Crippen molar-refractivity contribution in [3.8, 4) is 11.1 Å². The van der Waals surface area contributed by atoms with Gasteiger partial charge in [0.05, 0.1) is 52.4 Å². The van der Waals surface area contributed by atoms with Crippen molar-refractivity contribution in [2.45, 2.75) is 25.4 Å². The number of fused-ring (bicyclic) bond motifs is 4. The molecule has 1 saturated heterocycles. The van der Waals surface area contributed by atoms with E-state index in [-0.39, 0.29) is 17.2 Å². The van der Waals surface area contributed by atoms with Crippen LogP contribution in [0.15, 0.2) is 59.8 Å². The molecule has 2 aliphatic heterocycles. The molecule has 1 amide bonds. The zero-order valence-electron chi connectivity index (χ0n) is 22.7. The lowest BCUT2D eigenvalue weighted by atomic mass is 9.97. The van der Waals surface area contributed by atoms with Gasteiger partial charge < -0.3 is 25.3 Å². The van der Waals surface area contributed by atoms with E-state index in [1.165, 1.54) is 5.69 Å². The average molecular weight is 552 g/mol. The molecular weight excluding hydrogens is 522 g/mol. The van der Waals surface area contributed by atoms with Gasteiger partial charge in [-0.3, -0.25) is 19.0 Å². The summed E-state index contributed by atoms with van der Waals surface area (Å²) in [6.07, 6.45) is 7.10. The van der Waals surface area contributed by atoms with Crippen molar-refractivity contribution in [2.24, 2.45) is 7.05 Å². The maximum absolute atomic E-state index is 13.0. The van der Waals surface area contributed by atoms with E-state index >= 15 is 0 Å². The first-order valence-electron chi connectivity index (χ1n) is 13.6. The third-order valence-corrected chi connectivity index (χ3v) is 7.72. The number of para-hydroxylation sites is 1. The van der Waals surface area contributed by atoms with Crippen molar-refractivity contribution in [1.82, 2.24) is 29.5 Å². The van der Waals surface area contributed by atoms with E-state index < -0.39 is 0 Å². The van der Waals surface area contributed by atoms with Gasteiger partial charge in [-0.25, -0.2) is 4.98 Å². The van der Waals surface area contributed by atoms with E-state index in [2.05, 4.69) is 48.4 Å². The Kier molecular flexibility index (Phi) is 6.04. The number of aryl methyl sites for hydroxylation is 1. The first-order chi connectivity index (χ1) is 20.0. The summed E-state index contributed by atoms with van der Waals surface area (Å²) in [7, 11) is 3.81. The van der Waals surface area contributed by atoms with Gasteiger partial charge in [-0.05, 0) is 31.0 Å². The van der Waals surface area contributed by atoms with Crippen LogP contribution in [0.3, 0.4) is 0 Å². The van der Waals surface area contributed by atoms with Crippen molar-refractivity contribution >= 4 is 39.7 Å². The van der Waals surface area contributed by atoms with Crippen LogP contribution in [0.2, 0.25) is 0 Å². The van der Waals surface area contributed by atoms with Gasteiger partial charge in [0.1, 0.15) is 5.82 Å². The number of nitrogens with zero attached hydrogens (tertiary/aromatic N) is 6. The van der Waals surface area contributed by atoms with Gasteiger partial charge >= 0.3 is 0 Å². The Morgan fingerprint density at radius 3 is 2.76 bits per heavy atom. The number of pyridine rings is 2. The fourth-order valence-electron chi connectivity index (χ4n) is 5.81. The van der Waals surface area contributed by atoms with E-state index in [0.29, 0.717) is 35.0 Å². The van der Waals surface area contributed by atoms with Crippen LogP contribution in [0.1, 0.15) is 35.1 Å². The lowest BCUT2D eigenvalue weighted by Gasteiger charge is -2.32. The molecule has 41 heavy (non-hydrogen) atoms. The molecule has 6 heterocycles. The predicted molar refractivity (Wildman–Crippen MR) is 156 cm³/mol. The molecule has 2 aliphatic rings. The number of aromatic nitrogens is 6. The summed E-state index contributed by atoms with van der Waals surface area (Å²) in [6, 6.07) is 11.4. The minimum Gasteiger partial charge on any atom is -0.381 e. The molecule has 0 saturated carbocycles. The van der Waals surface area contributed by atoms with E-state index in [1.54, 1.807) is 42.3 Å². The van der Waals surface area contributed by atoms with Crippen molar-refractivity contribution in [2.75, 3.05) is 35.8 Å². The molecule has 1 aromatic carbocycles. The van der Waals surface area contributed by atoms with E-state index in [9.17, 15) is 9.59 Å². The van der Waals surface area contributed by atoms with Crippen LogP contribution in [0.4, 0.5) is 22.9 Å². The number of rotatable bonds is 5. The summed E-state index contributed by atoms with van der Waals surface area (Å²) in [5.74, 6) is -0.0847. The number of hydrogen-bond donors (Lipinski definition) is 3. The smallest absolute Gasteiger partial charge is 0.277 e. The molecule has 0 aliphatic carbocycles. The number of carbonyl (C=O) groups is 1. The number of amides is 1. The SMILES string of the molecule is CN1Cc2c(cnn2C2CCOCC2)-c2cccc(Nc3cc(NC(=O)c4ccn(C)n4)nc4cc[nH]c(=O)c34)c21. The van der Waals surface area contributed by atoms with Crippen LogP contribution in [0.5, 0.6) is 0 Å². The molecule has 4 aromatic heterocycles. The highest BCUT2D eigenvalue weighted by atomic mass is 16.5. The van der Waals surface area contributed by atoms with Gasteiger partial charge in [-0.15, -0.1) is 0 Å². The lowest BCUT2D eigenvalue weighted by molar-refractivity contribution is 0.0654. The highest BCUT2D eigenvalue weighted by Crippen LogP contribution is 2.45. The molecule has 208 valence electrons. The zero-order valence-corrected chi connectivity index (χ0v) is 22.7. The Balaban J connectivity index is 1.28. The molecule has 12 nitrogen and oxygen atoms in total. The number of anilines is 4. The summed E-state index contributed by atoms with van der Waals surface area (Å²) in [4.78, 5) is 35.3. The zero-order chi connectivity index (χ0) is 28.1. The van der Waals surface area contributed by atoms with E-state index in [0.717, 1.165) is 48.6 Å². The predicted octanol–water partition coefficient (Wildman–Crippen LogP) is 3.82. The largest absolute Gasteiger partial charge is 0.381 e. The second-order valence-corrected chi connectivity index (χ2v) is 10.4. The van der Waals surface area contributed by atoms with Crippen molar-refractivity contribution in [3.05, 3.63) is 76.7 Å². The maximum atomic E-state index is 13.0. The number of ether oxygens (including phenoxy) is 1. The topological polar surface area (TPSA) is 135 Å².